The number of rotatable bonds is 5. The van der Waals surface area contributed by atoms with Gasteiger partial charge >= 0.3 is 0 Å². The molecular weight excluding hydrogens is 296 g/mol. The predicted molar refractivity (Wildman–Crippen MR) is 88.2 cm³/mol. The molecule has 6 heteroatoms. The molecule has 0 spiro atoms. The van der Waals surface area contributed by atoms with Crippen molar-refractivity contribution in [1.82, 2.24) is 15.0 Å². The lowest BCUT2D eigenvalue weighted by Gasteiger charge is -2.09. The van der Waals surface area contributed by atoms with Gasteiger partial charge in [-0.05, 0) is 31.2 Å². The van der Waals surface area contributed by atoms with Crippen molar-refractivity contribution in [1.29, 1.82) is 0 Å². The van der Waals surface area contributed by atoms with Crippen LogP contribution in [0.2, 0.25) is 0 Å². The second kappa shape index (κ2) is 6.53. The van der Waals surface area contributed by atoms with Crippen molar-refractivity contribution in [3.63, 3.8) is 0 Å². The van der Waals surface area contributed by atoms with Gasteiger partial charge in [-0.1, -0.05) is 6.07 Å². The highest BCUT2D eigenvalue weighted by Gasteiger charge is 2.08. The van der Waals surface area contributed by atoms with Crippen molar-refractivity contribution in [3.05, 3.63) is 53.3 Å². The van der Waals surface area contributed by atoms with E-state index in [4.69, 9.17) is 4.74 Å². The molecule has 0 saturated carbocycles. The van der Waals surface area contributed by atoms with Crippen molar-refractivity contribution >= 4 is 17.2 Å². The van der Waals surface area contributed by atoms with Crippen LogP contribution in [0, 0.1) is 6.92 Å². The summed E-state index contributed by atoms with van der Waals surface area (Å²) in [5.74, 6) is 1.46. The average molecular weight is 312 g/mol. The summed E-state index contributed by atoms with van der Waals surface area (Å²) in [6.45, 7) is 2.54. The van der Waals surface area contributed by atoms with Crippen LogP contribution >= 0.6 is 11.3 Å². The lowest BCUT2D eigenvalue weighted by Crippen LogP contribution is -2.04. The van der Waals surface area contributed by atoms with E-state index in [9.17, 15) is 0 Å². The fourth-order valence-corrected chi connectivity index (χ4v) is 2.80. The van der Waals surface area contributed by atoms with E-state index in [1.807, 2.05) is 42.6 Å². The zero-order valence-electron chi connectivity index (χ0n) is 12.4. The Hall–Kier alpha value is -2.47. The van der Waals surface area contributed by atoms with Crippen LogP contribution in [-0.4, -0.2) is 22.1 Å². The molecular formula is C16H16N4OS. The molecule has 0 fully saturated rings. The third-order valence-electron chi connectivity index (χ3n) is 3.09. The van der Waals surface area contributed by atoms with E-state index < -0.39 is 0 Å². The summed E-state index contributed by atoms with van der Waals surface area (Å²) >= 11 is 1.59. The first kappa shape index (κ1) is 14.5. The molecule has 0 saturated heterocycles. The van der Waals surface area contributed by atoms with E-state index >= 15 is 0 Å². The van der Waals surface area contributed by atoms with E-state index in [1.165, 1.54) is 0 Å². The van der Waals surface area contributed by atoms with Crippen LogP contribution in [0.25, 0.3) is 10.7 Å². The number of nitrogens with one attached hydrogen (secondary N) is 1. The van der Waals surface area contributed by atoms with E-state index in [0.717, 1.165) is 33.7 Å². The minimum absolute atomic E-state index is 0.593. The van der Waals surface area contributed by atoms with Crippen LogP contribution < -0.4 is 10.1 Å². The van der Waals surface area contributed by atoms with E-state index in [2.05, 4.69) is 20.3 Å². The number of ether oxygens (including phenoxy) is 1. The fourth-order valence-electron chi connectivity index (χ4n) is 2.00. The summed E-state index contributed by atoms with van der Waals surface area (Å²) in [7, 11) is 1.64. The summed E-state index contributed by atoms with van der Waals surface area (Å²) in [4.78, 5) is 13.4. The predicted octanol–water partition coefficient (Wildman–Crippen LogP) is 3.53. The minimum atomic E-state index is 0.593. The minimum Gasteiger partial charge on any atom is -0.493 e. The molecule has 3 rings (SSSR count). The molecule has 22 heavy (non-hydrogen) atoms. The van der Waals surface area contributed by atoms with Gasteiger partial charge in [-0.15, -0.1) is 11.3 Å². The summed E-state index contributed by atoms with van der Waals surface area (Å²) in [5, 5.41) is 6.22. The number of pyridine rings is 2. The quantitative estimate of drug-likeness (QED) is 0.781. The average Bonchev–Trinajstić information content (AvgIpc) is 3.03. The number of thiazole rings is 1. The Morgan fingerprint density at radius 1 is 1.18 bits per heavy atom. The van der Waals surface area contributed by atoms with E-state index in [1.54, 1.807) is 24.6 Å². The van der Waals surface area contributed by atoms with Crippen LogP contribution in [0.5, 0.6) is 5.75 Å². The van der Waals surface area contributed by atoms with Gasteiger partial charge in [0.05, 0.1) is 25.0 Å². The van der Waals surface area contributed by atoms with Gasteiger partial charge < -0.3 is 10.1 Å². The molecule has 0 amide bonds. The molecule has 0 atom stereocenters. The first-order chi connectivity index (χ1) is 10.8. The fraction of sp³-hybridized carbons (Fsp3) is 0.188. The lowest BCUT2D eigenvalue weighted by atomic mass is 10.3. The second-order valence-corrected chi connectivity index (χ2v) is 5.57. The Bertz CT molecular complexity index is 758. The second-order valence-electron chi connectivity index (χ2n) is 4.72. The molecule has 3 aromatic heterocycles. The van der Waals surface area contributed by atoms with E-state index in [0.29, 0.717) is 6.54 Å². The smallest absolute Gasteiger partial charge is 0.169 e. The van der Waals surface area contributed by atoms with Gasteiger partial charge in [0, 0.05) is 17.3 Å². The van der Waals surface area contributed by atoms with Crippen molar-refractivity contribution in [2.24, 2.45) is 0 Å². The van der Waals surface area contributed by atoms with Gasteiger partial charge in [-0.3, -0.25) is 4.98 Å². The van der Waals surface area contributed by atoms with Crippen molar-refractivity contribution < 1.29 is 4.74 Å². The number of nitrogens with zero attached hydrogens (tertiary/aromatic N) is 3. The first-order valence-corrected chi connectivity index (χ1v) is 7.75. The van der Waals surface area contributed by atoms with Crippen molar-refractivity contribution in [3.8, 4) is 16.5 Å². The molecule has 0 aliphatic rings. The summed E-state index contributed by atoms with van der Waals surface area (Å²) in [5.41, 5.74) is 2.79. The lowest BCUT2D eigenvalue weighted by molar-refractivity contribution is 0.414. The van der Waals surface area contributed by atoms with Gasteiger partial charge in [-0.25, -0.2) is 9.97 Å². The summed E-state index contributed by atoms with van der Waals surface area (Å²) in [6.07, 6.45) is 1.77. The molecule has 3 aromatic rings. The van der Waals surface area contributed by atoms with Crippen molar-refractivity contribution in [2.75, 3.05) is 12.4 Å². The van der Waals surface area contributed by atoms with Gasteiger partial charge in [-0.2, -0.15) is 0 Å². The van der Waals surface area contributed by atoms with E-state index in [-0.39, 0.29) is 0 Å². The normalized spacial score (nSPS) is 10.5. The first-order valence-electron chi connectivity index (χ1n) is 6.87. The topological polar surface area (TPSA) is 59.9 Å². The highest BCUT2D eigenvalue weighted by Crippen LogP contribution is 2.24. The Labute approximate surface area is 133 Å². The SMILES string of the molecule is COc1ccc(C)nc1NCc1csc(-c2ccccn2)n1. The van der Waals surface area contributed by atoms with Gasteiger partial charge in [0.1, 0.15) is 5.01 Å². The Kier molecular flexibility index (Phi) is 4.29. The highest BCUT2D eigenvalue weighted by molar-refractivity contribution is 7.13. The molecule has 0 aliphatic carbocycles. The van der Waals surface area contributed by atoms with Crippen LogP contribution in [0.3, 0.4) is 0 Å². The zero-order chi connectivity index (χ0) is 15.4. The van der Waals surface area contributed by atoms with Crippen LogP contribution in [-0.2, 0) is 6.54 Å². The maximum atomic E-state index is 5.31. The number of aromatic nitrogens is 3. The Balaban J connectivity index is 1.73. The maximum Gasteiger partial charge on any atom is 0.169 e. The van der Waals surface area contributed by atoms with Gasteiger partial charge in [0.2, 0.25) is 0 Å². The number of hydrogen-bond acceptors (Lipinski definition) is 6. The standard InChI is InChI=1S/C16H16N4OS/c1-11-6-7-14(21-2)15(19-11)18-9-12-10-22-16(20-12)13-5-3-4-8-17-13/h3-8,10H,9H2,1-2H3,(H,18,19). The van der Waals surface area contributed by atoms with Crippen LogP contribution in [0.4, 0.5) is 5.82 Å². The third-order valence-corrected chi connectivity index (χ3v) is 4.00. The maximum absolute atomic E-state index is 5.31. The molecule has 0 unspecified atom stereocenters. The zero-order valence-corrected chi connectivity index (χ0v) is 13.2. The van der Waals surface area contributed by atoms with Crippen molar-refractivity contribution in [2.45, 2.75) is 13.5 Å². The molecule has 0 aliphatic heterocycles. The molecule has 1 N–H and O–H groups in total. The Morgan fingerprint density at radius 3 is 2.86 bits per heavy atom. The van der Waals surface area contributed by atoms with Crippen LogP contribution in [0.1, 0.15) is 11.4 Å². The molecule has 0 radical (unpaired) electrons. The largest absolute Gasteiger partial charge is 0.493 e. The molecule has 0 aromatic carbocycles. The molecule has 5 nitrogen and oxygen atoms in total. The Morgan fingerprint density at radius 2 is 2.09 bits per heavy atom. The molecule has 3 heterocycles. The third kappa shape index (κ3) is 3.23. The highest BCUT2D eigenvalue weighted by atomic mass is 32.1. The summed E-state index contributed by atoms with van der Waals surface area (Å²) < 4.78 is 5.31. The molecule has 112 valence electrons. The number of anilines is 1. The monoisotopic (exact) mass is 312 g/mol. The number of hydrogen-bond donors (Lipinski definition) is 1. The summed E-state index contributed by atoms with van der Waals surface area (Å²) in [6, 6.07) is 9.65. The number of methoxy groups -OCH3 is 1. The number of aryl methyl sites for hydroxylation is 1. The molecule has 0 bridgehead atoms. The van der Waals surface area contributed by atoms with Crippen LogP contribution in [0.15, 0.2) is 41.9 Å². The van der Waals surface area contributed by atoms with Gasteiger partial charge in [0.25, 0.3) is 0 Å². The van der Waals surface area contributed by atoms with Gasteiger partial charge in [0.15, 0.2) is 11.6 Å².